The minimum absolute atomic E-state index is 0.785. The minimum Gasteiger partial charge on any atom is -0.378 e. The van der Waals surface area contributed by atoms with E-state index in [9.17, 15) is 0 Å². The van der Waals surface area contributed by atoms with Crippen LogP contribution in [-0.2, 0) is 9.47 Å². The van der Waals surface area contributed by atoms with Crippen LogP contribution in [0.5, 0.6) is 0 Å². The highest BCUT2D eigenvalue weighted by Gasteiger charge is 2.16. The lowest BCUT2D eigenvalue weighted by Gasteiger charge is -2.30. The Balaban J connectivity index is 1.33. The number of hydrogen-bond acceptors (Lipinski definition) is 6. The second kappa shape index (κ2) is 9.64. The van der Waals surface area contributed by atoms with Crippen LogP contribution in [0.3, 0.4) is 0 Å². The summed E-state index contributed by atoms with van der Waals surface area (Å²) in [5, 5.41) is 0. The zero-order valence-corrected chi connectivity index (χ0v) is 20.1. The Labute approximate surface area is 206 Å². The van der Waals surface area contributed by atoms with Gasteiger partial charge in [-0.15, -0.1) is 0 Å². The predicted octanol–water partition coefficient (Wildman–Crippen LogP) is 4.95. The number of benzene rings is 3. The van der Waals surface area contributed by atoms with Crippen LogP contribution in [0.15, 0.2) is 66.9 Å². The van der Waals surface area contributed by atoms with Gasteiger partial charge in [-0.2, -0.15) is 0 Å². The summed E-state index contributed by atoms with van der Waals surface area (Å²) in [6, 6.07) is 21.6. The molecule has 0 aliphatic carbocycles. The van der Waals surface area contributed by atoms with Crippen molar-refractivity contribution in [1.82, 2.24) is 9.97 Å². The van der Waals surface area contributed by atoms with Crippen molar-refractivity contribution < 1.29 is 9.47 Å². The molecule has 2 fully saturated rings. The molecule has 2 aliphatic heterocycles. The summed E-state index contributed by atoms with van der Waals surface area (Å²) in [5.74, 6) is 0. The molecule has 1 aromatic heterocycles. The number of aromatic nitrogens is 2. The Hall–Kier alpha value is -3.48. The van der Waals surface area contributed by atoms with E-state index >= 15 is 0 Å². The fraction of sp³-hybridized carbons (Fsp3) is 0.310. The normalized spacial score (nSPS) is 16.6. The van der Waals surface area contributed by atoms with E-state index in [0.29, 0.717) is 0 Å². The van der Waals surface area contributed by atoms with Crippen molar-refractivity contribution in [3.8, 4) is 22.4 Å². The molecule has 178 valence electrons. The van der Waals surface area contributed by atoms with Crippen molar-refractivity contribution in [3.05, 3.63) is 72.4 Å². The number of anilines is 2. The zero-order chi connectivity index (χ0) is 23.6. The van der Waals surface area contributed by atoms with Crippen molar-refractivity contribution in [2.45, 2.75) is 6.92 Å². The SMILES string of the molecule is Cc1cc(-c2cccc3ncc(-c4ccc(N5CCOCC5)cc4)nc23)ccc1N1CCOCC1. The molecule has 0 radical (unpaired) electrons. The van der Waals surface area contributed by atoms with Gasteiger partial charge in [0.2, 0.25) is 0 Å². The number of nitrogens with zero attached hydrogens (tertiary/aromatic N) is 4. The highest BCUT2D eigenvalue weighted by atomic mass is 16.5. The van der Waals surface area contributed by atoms with Gasteiger partial charge in [0.05, 0.1) is 49.4 Å². The molecule has 0 spiro atoms. The fourth-order valence-corrected chi connectivity index (χ4v) is 5.05. The maximum atomic E-state index is 5.52. The highest BCUT2D eigenvalue weighted by Crippen LogP contribution is 2.32. The summed E-state index contributed by atoms with van der Waals surface area (Å²) in [6.45, 7) is 9.08. The van der Waals surface area contributed by atoms with Crippen LogP contribution in [0.25, 0.3) is 33.4 Å². The average molecular weight is 467 g/mol. The van der Waals surface area contributed by atoms with E-state index in [1.54, 1.807) is 0 Å². The number of fused-ring (bicyclic) bond motifs is 1. The molecule has 6 heteroatoms. The first kappa shape index (κ1) is 22.0. The minimum atomic E-state index is 0.785. The first-order chi connectivity index (χ1) is 17.3. The molecule has 0 unspecified atom stereocenters. The van der Waals surface area contributed by atoms with E-state index in [1.807, 2.05) is 12.3 Å². The van der Waals surface area contributed by atoms with Gasteiger partial charge in [-0.05, 0) is 48.4 Å². The Bertz CT molecular complexity index is 1330. The molecular weight excluding hydrogens is 436 g/mol. The molecule has 4 aromatic rings. The lowest BCUT2D eigenvalue weighted by Crippen LogP contribution is -2.36. The van der Waals surface area contributed by atoms with Gasteiger partial charge in [-0.3, -0.25) is 4.98 Å². The van der Waals surface area contributed by atoms with Crippen molar-refractivity contribution in [2.24, 2.45) is 0 Å². The quantitative estimate of drug-likeness (QED) is 0.424. The fourth-order valence-electron chi connectivity index (χ4n) is 5.05. The Morgan fingerprint density at radius 1 is 0.743 bits per heavy atom. The predicted molar refractivity (Wildman–Crippen MR) is 141 cm³/mol. The zero-order valence-electron chi connectivity index (χ0n) is 20.1. The van der Waals surface area contributed by atoms with E-state index in [1.165, 1.54) is 22.5 Å². The summed E-state index contributed by atoms with van der Waals surface area (Å²) in [4.78, 5) is 14.6. The Morgan fingerprint density at radius 2 is 1.43 bits per heavy atom. The average Bonchev–Trinajstić information content (AvgIpc) is 2.93. The largest absolute Gasteiger partial charge is 0.378 e. The number of hydrogen-bond donors (Lipinski definition) is 0. The molecule has 0 amide bonds. The lowest BCUT2D eigenvalue weighted by atomic mass is 10.00. The lowest BCUT2D eigenvalue weighted by molar-refractivity contribution is 0.122. The van der Waals surface area contributed by atoms with Gasteiger partial charge in [-0.25, -0.2) is 4.98 Å². The third kappa shape index (κ3) is 4.47. The number of ether oxygens (including phenoxy) is 2. The van der Waals surface area contributed by atoms with Crippen LogP contribution < -0.4 is 9.80 Å². The number of rotatable bonds is 4. The molecule has 0 saturated carbocycles. The molecule has 6 rings (SSSR count). The molecule has 3 aromatic carbocycles. The first-order valence-corrected chi connectivity index (χ1v) is 12.4. The Kier molecular flexibility index (Phi) is 6.06. The van der Waals surface area contributed by atoms with E-state index in [-0.39, 0.29) is 0 Å². The third-order valence-corrected chi connectivity index (χ3v) is 6.97. The summed E-state index contributed by atoms with van der Waals surface area (Å²) in [5.41, 5.74) is 9.85. The van der Waals surface area contributed by atoms with Gasteiger partial charge in [0.1, 0.15) is 0 Å². The molecule has 35 heavy (non-hydrogen) atoms. The third-order valence-electron chi connectivity index (χ3n) is 6.97. The summed E-state index contributed by atoms with van der Waals surface area (Å²) in [6.07, 6.45) is 1.88. The number of morpholine rings is 2. The van der Waals surface area contributed by atoms with Gasteiger partial charge in [0.15, 0.2) is 0 Å². The molecular formula is C29H30N4O2. The van der Waals surface area contributed by atoms with Crippen molar-refractivity contribution in [3.63, 3.8) is 0 Å². The van der Waals surface area contributed by atoms with Crippen LogP contribution in [-0.4, -0.2) is 62.6 Å². The van der Waals surface area contributed by atoms with E-state index in [2.05, 4.69) is 71.3 Å². The molecule has 0 atom stereocenters. The highest BCUT2D eigenvalue weighted by molar-refractivity contribution is 5.93. The molecule has 0 bridgehead atoms. The van der Waals surface area contributed by atoms with Gasteiger partial charge < -0.3 is 19.3 Å². The van der Waals surface area contributed by atoms with Crippen LogP contribution in [0.1, 0.15) is 5.56 Å². The number of aryl methyl sites for hydroxylation is 1. The second-order valence-corrected chi connectivity index (χ2v) is 9.18. The van der Waals surface area contributed by atoms with E-state index < -0.39 is 0 Å². The van der Waals surface area contributed by atoms with Crippen molar-refractivity contribution in [2.75, 3.05) is 62.4 Å². The van der Waals surface area contributed by atoms with Crippen LogP contribution >= 0.6 is 0 Å². The van der Waals surface area contributed by atoms with Crippen LogP contribution in [0.4, 0.5) is 11.4 Å². The molecule has 2 aliphatic rings. The molecule has 0 N–H and O–H groups in total. The molecule has 3 heterocycles. The first-order valence-electron chi connectivity index (χ1n) is 12.4. The maximum absolute atomic E-state index is 5.52. The molecule has 6 nitrogen and oxygen atoms in total. The Morgan fingerprint density at radius 3 is 2.14 bits per heavy atom. The summed E-state index contributed by atoms with van der Waals surface area (Å²) in [7, 11) is 0. The van der Waals surface area contributed by atoms with Gasteiger partial charge in [0, 0.05) is 48.7 Å². The molecule has 2 saturated heterocycles. The second-order valence-electron chi connectivity index (χ2n) is 9.18. The standard InChI is InChI=1S/C29H30N4O2/c1-21-19-23(7-10-28(21)33-13-17-35-18-14-33)25-3-2-4-26-29(25)31-27(20-30-26)22-5-8-24(9-6-22)32-11-15-34-16-12-32/h2-10,19-20H,11-18H2,1H3. The van der Waals surface area contributed by atoms with E-state index in [0.717, 1.165) is 80.5 Å². The number of para-hydroxylation sites is 1. The summed E-state index contributed by atoms with van der Waals surface area (Å²) < 4.78 is 11.0. The monoisotopic (exact) mass is 466 g/mol. The topological polar surface area (TPSA) is 50.7 Å². The van der Waals surface area contributed by atoms with Crippen LogP contribution in [0, 0.1) is 6.92 Å². The van der Waals surface area contributed by atoms with Gasteiger partial charge in [-0.1, -0.05) is 30.3 Å². The summed E-state index contributed by atoms with van der Waals surface area (Å²) >= 11 is 0. The smallest absolute Gasteiger partial charge is 0.0972 e. The van der Waals surface area contributed by atoms with Gasteiger partial charge >= 0.3 is 0 Å². The maximum Gasteiger partial charge on any atom is 0.0972 e. The van der Waals surface area contributed by atoms with Gasteiger partial charge in [0.25, 0.3) is 0 Å². The van der Waals surface area contributed by atoms with Crippen molar-refractivity contribution >= 4 is 22.4 Å². The van der Waals surface area contributed by atoms with E-state index in [4.69, 9.17) is 19.4 Å². The van der Waals surface area contributed by atoms with Crippen LogP contribution in [0.2, 0.25) is 0 Å². The van der Waals surface area contributed by atoms with Crippen molar-refractivity contribution in [1.29, 1.82) is 0 Å².